The van der Waals surface area contributed by atoms with Gasteiger partial charge >= 0.3 is 0 Å². The quantitative estimate of drug-likeness (QED) is 0.507. The number of H-pyrrole nitrogens is 1. The zero-order chi connectivity index (χ0) is 19.2. The average Bonchev–Trinajstić information content (AvgIpc) is 3.15. The van der Waals surface area contributed by atoms with Gasteiger partial charge in [-0.05, 0) is 30.7 Å². The molecule has 0 radical (unpaired) electrons. The number of halogens is 1. The summed E-state index contributed by atoms with van der Waals surface area (Å²) >= 11 is 5.93. The topological polar surface area (TPSA) is 81.6 Å². The van der Waals surface area contributed by atoms with E-state index in [0.717, 1.165) is 11.1 Å². The van der Waals surface area contributed by atoms with Gasteiger partial charge in [0.25, 0.3) is 5.91 Å². The maximum Gasteiger partial charge on any atom is 0.262 e. The first kappa shape index (κ1) is 18.4. The summed E-state index contributed by atoms with van der Waals surface area (Å²) in [6, 6.07) is 18.6. The number of carbonyl (C=O) groups is 1. The van der Waals surface area contributed by atoms with E-state index < -0.39 is 5.91 Å². The molecule has 27 heavy (non-hydrogen) atoms. The lowest BCUT2D eigenvalue weighted by molar-refractivity contribution is -0.117. The second-order valence-electron chi connectivity index (χ2n) is 5.98. The van der Waals surface area contributed by atoms with Gasteiger partial charge in [-0.15, -0.1) is 0 Å². The van der Waals surface area contributed by atoms with Crippen LogP contribution in [0.15, 0.2) is 66.4 Å². The van der Waals surface area contributed by atoms with Gasteiger partial charge in [0.05, 0.1) is 17.9 Å². The van der Waals surface area contributed by atoms with Gasteiger partial charge in [0.15, 0.2) is 0 Å². The van der Waals surface area contributed by atoms with E-state index in [1.54, 1.807) is 18.3 Å². The number of rotatable bonds is 5. The zero-order valence-corrected chi connectivity index (χ0v) is 15.4. The van der Waals surface area contributed by atoms with Gasteiger partial charge in [-0.1, -0.05) is 54.1 Å². The predicted molar refractivity (Wildman–Crippen MR) is 106 cm³/mol. The Hall–Kier alpha value is -3.36. The molecule has 2 aromatic carbocycles. The highest BCUT2D eigenvalue weighted by molar-refractivity contribution is 6.30. The summed E-state index contributed by atoms with van der Waals surface area (Å²) in [5, 5.41) is 19.9. The van der Waals surface area contributed by atoms with E-state index in [2.05, 4.69) is 15.5 Å². The van der Waals surface area contributed by atoms with Gasteiger partial charge in [0, 0.05) is 16.1 Å². The smallest absolute Gasteiger partial charge is 0.262 e. The Kier molecular flexibility index (Phi) is 5.70. The molecule has 1 aromatic heterocycles. The van der Waals surface area contributed by atoms with Crippen LogP contribution in [-0.4, -0.2) is 16.1 Å². The fraction of sp³-hybridized carbons (Fsp3) is 0.0952. The number of hydrogen-bond donors (Lipinski definition) is 2. The predicted octanol–water partition coefficient (Wildman–Crippen LogP) is 4.51. The van der Waals surface area contributed by atoms with E-state index in [4.69, 9.17) is 11.6 Å². The first-order chi connectivity index (χ1) is 13.1. The van der Waals surface area contributed by atoms with Crippen molar-refractivity contribution in [3.8, 4) is 17.3 Å². The summed E-state index contributed by atoms with van der Waals surface area (Å²) in [7, 11) is 0. The first-order valence-electron chi connectivity index (χ1n) is 8.35. The summed E-state index contributed by atoms with van der Waals surface area (Å²) < 4.78 is 0. The van der Waals surface area contributed by atoms with Crippen molar-refractivity contribution in [2.45, 2.75) is 13.0 Å². The Labute approximate surface area is 162 Å². The van der Waals surface area contributed by atoms with Crippen molar-refractivity contribution in [2.75, 3.05) is 0 Å². The molecule has 2 N–H and O–H groups in total. The highest BCUT2D eigenvalue weighted by Crippen LogP contribution is 2.24. The van der Waals surface area contributed by atoms with Crippen LogP contribution in [0.25, 0.3) is 17.3 Å². The Morgan fingerprint density at radius 1 is 1.22 bits per heavy atom. The van der Waals surface area contributed by atoms with Crippen LogP contribution in [0.2, 0.25) is 5.02 Å². The standard InChI is InChI=1S/C21H17ClN4O/c1-14(15-5-3-2-4-6-15)25-21(27)17(12-23)11-18-13-24-26-20(18)16-7-9-19(22)10-8-16/h2-11,13-14H,1H3,(H,24,26)(H,25,27)/b17-11-/t14-/m1/s1. The lowest BCUT2D eigenvalue weighted by atomic mass is 10.1. The van der Waals surface area contributed by atoms with Crippen molar-refractivity contribution in [2.24, 2.45) is 0 Å². The highest BCUT2D eigenvalue weighted by atomic mass is 35.5. The third-order valence-electron chi connectivity index (χ3n) is 4.11. The molecule has 0 saturated carbocycles. The minimum atomic E-state index is -0.433. The van der Waals surface area contributed by atoms with E-state index in [-0.39, 0.29) is 11.6 Å². The highest BCUT2D eigenvalue weighted by Gasteiger charge is 2.15. The van der Waals surface area contributed by atoms with Crippen LogP contribution in [0.1, 0.15) is 24.1 Å². The van der Waals surface area contributed by atoms with E-state index >= 15 is 0 Å². The molecule has 6 heteroatoms. The fourth-order valence-corrected chi connectivity index (χ4v) is 2.78. The van der Waals surface area contributed by atoms with E-state index in [9.17, 15) is 10.1 Å². The fourth-order valence-electron chi connectivity index (χ4n) is 2.66. The molecule has 3 rings (SSSR count). The molecule has 1 amide bonds. The number of aromatic amines is 1. The number of amides is 1. The second kappa shape index (κ2) is 8.35. The van der Waals surface area contributed by atoms with Crippen molar-refractivity contribution in [3.05, 3.63) is 82.5 Å². The molecular formula is C21H17ClN4O. The lowest BCUT2D eigenvalue weighted by Gasteiger charge is -2.13. The molecule has 1 heterocycles. The average molecular weight is 377 g/mol. The van der Waals surface area contributed by atoms with Gasteiger partial charge in [0.2, 0.25) is 0 Å². The van der Waals surface area contributed by atoms with E-state index in [1.807, 2.05) is 55.5 Å². The van der Waals surface area contributed by atoms with Gasteiger partial charge in [0.1, 0.15) is 11.6 Å². The Bertz CT molecular complexity index is 1000. The number of nitrogens with zero attached hydrogens (tertiary/aromatic N) is 2. The molecular weight excluding hydrogens is 360 g/mol. The molecule has 0 unspecified atom stereocenters. The third-order valence-corrected chi connectivity index (χ3v) is 4.37. The van der Waals surface area contributed by atoms with Crippen LogP contribution in [0.5, 0.6) is 0 Å². The molecule has 0 aliphatic heterocycles. The number of nitrogens with one attached hydrogen (secondary N) is 2. The Morgan fingerprint density at radius 2 is 1.93 bits per heavy atom. The summed E-state index contributed by atoms with van der Waals surface area (Å²) in [4.78, 5) is 12.5. The number of benzene rings is 2. The summed E-state index contributed by atoms with van der Waals surface area (Å²) in [5.74, 6) is -0.433. The minimum absolute atomic E-state index is 0.00870. The molecule has 3 aromatic rings. The maximum absolute atomic E-state index is 12.5. The normalized spacial score (nSPS) is 12.3. The van der Waals surface area contributed by atoms with Crippen molar-refractivity contribution in [1.29, 1.82) is 5.26 Å². The van der Waals surface area contributed by atoms with Crippen LogP contribution in [0, 0.1) is 11.3 Å². The summed E-state index contributed by atoms with van der Waals surface area (Å²) in [5.41, 5.74) is 3.20. The molecule has 0 aliphatic carbocycles. The van der Waals surface area contributed by atoms with Crippen molar-refractivity contribution in [1.82, 2.24) is 15.5 Å². The maximum atomic E-state index is 12.5. The zero-order valence-electron chi connectivity index (χ0n) is 14.6. The molecule has 134 valence electrons. The van der Waals surface area contributed by atoms with Crippen LogP contribution in [0.3, 0.4) is 0 Å². The number of carbonyl (C=O) groups excluding carboxylic acids is 1. The molecule has 5 nitrogen and oxygen atoms in total. The van der Waals surface area contributed by atoms with E-state index in [1.165, 1.54) is 6.08 Å². The third kappa shape index (κ3) is 4.43. The first-order valence-corrected chi connectivity index (χ1v) is 8.73. The number of nitriles is 1. The summed E-state index contributed by atoms with van der Waals surface area (Å²) in [6.45, 7) is 1.87. The van der Waals surface area contributed by atoms with Crippen LogP contribution < -0.4 is 5.32 Å². The molecule has 0 fully saturated rings. The van der Waals surface area contributed by atoms with Gasteiger partial charge in [-0.3, -0.25) is 9.89 Å². The molecule has 0 spiro atoms. The number of aromatic nitrogens is 2. The van der Waals surface area contributed by atoms with Crippen molar-refractivity contribution >= 4 is 23.6 Å². The van der Waals surface area contributed by atoms with Crippen LogP contribution in [-0.2, 0) is 4.79 Å². The molecule has 1 atom stereocenters. The monoisotopic (exact) mass is 376 g/mol. The van der Waals surface area contributed by atoms with E-state index in [0.29, 0.717) is 16.3 Å². The van der Waals surface area contributed by atoms with Crippen molar-refractivity contribution in [3.63, 3.8) is 0 Å². The Balaban J connectivity index is 1.83. The molecule has 0 aliphatic rings. The second-order valence-corrected chi connectivity index (χ2v) is 6.42. The SMILES string of the molecule is C[C@@H](NC(=O)/C(C#N)=C\c1cn[nH]c1-c1ccc(Cl)cc1)c1ccccc1. The van der Waals surface area contributed by atoms with Crippen molar-refractivity contribution < 1.29 is 4.79 Å². The lowest BCUT2D eigenvalue weighted by Crippen LogP contribution is -2.27. The minimum Gasteiger partial charge on any atom is -0.345 e. The van der Waals surface area contributed by atoms with Crippen LogP contribution in [0.4, 0.5) is 0 Å². The van der Waals surface area contributed by atoms with Gasteiger partial charge < -0.3 is 5.32 Å². The van der Waals surface area contributed by atoms with Gasteiger partial charge in [-0.25, -0.2) is 0 Å². The molecule has 0 saturated heterocycles. The van der Waals surface area contributed by atoms with Crippen LogP contribution >= 0.6 is 11.6 Å². The largest absolute Gasteiger partial charge is 0.345 e. The number of hydrogen-bond acceptors (Lipinski definition) is 3. The Morgan fingerprint density at radius 3 is 2.59 bits per heavy atom. The molecule has 0 bridgehead atoms. The summed E-state index contributed by atoms with van der Waals surface area (Å²) in [6.07, 6.45) is 3.11. The van der Waals surface area contributed by atoms with Gasteiger partial charge in [-0.2, -0.15) is 10.4 Å².